The number of nitrogens with one attached hydrogen (secondary N) is 3. The molecule has 0 spiro atoms. The standard InChI is InChI=1S/C17H13N5O2.C16H11N5O2/c1-21-10-11(6-7-15(21)23)18-16(24)13-8-9-22-14-5-3-2-4-12(14)19-17(22)20-13;22-14-6-5-10(9-17-14)18-15(23)12-7-8-21-13-4-2-1-3-11(13)19-16(21)20-12/h2-10H,1H3,(H,18,24);1-9H,(H,17,22)(H,18,23). The van der Waals surface area contributed by atoms with E-state index in [0.717, 1.165) is 22.1 Å². The second-order valence-corrected chi connectivity index (χ2v) is 10.4. The van der Waals surface area contributed by atoms with Crippen LogP contribution in [0.5, 0.6) is 0 Å². The van der Waals surface area contributed by atoms with Crippen molar-refractivity contribution in [2.45, 2.75) is 0 Å². The molecule has 0 aliphatic carbocycles. The van der Waals surface area contributed by atoms with Crippen LogP contribution in [0.4, 0.5) is 11.4 Å². The van der Waals surface area contributed by atoms with Crippen LogP contribution in [0.25, 0.3) is 33.6 Å². The van der Waals surface area contributed by atoms with Crippen molar-refractivity contribution in [1.82, 2.24) is 38.3 Å². The molecule has 3 N–H and O–H groups in total. The SMILES string of the molecule is Cn1cc(NC(=O)c2ccn3c(n2)nc2ccccc23)ccc1=O.O=C(Nc1ccc(=O)[nH]c1)c1ccn2c(n1)nc1ccccc12. The van der Waals surface area contributed by atoms with E-state index in [2.05, 4.69) is 35.6 Å². The Bertz CT molecular complexity index is 2580. The van der Waals surface area contributed by atoms with Crippen molar-refractivity contribution in [3.8, 4) is 0 Å². The molecule has 2 amide bonds. The lowest BCUT2D eigenvalue weighted by molar-refractivity contribution is 0.101. The summed E-state index contributed by atoms with van der Waals surface area (Å²) in [6, 6.07) is 24.4. The first-order chi connectivity index (χ1) is 22.8. The van der Waals surface area contributed by atoms with E-state index < -0.39 is 0 Å². The molecule has 0 aliphatic heterocycles. The van der Waals surface area contributed by atoms with Gasteiger partial charge in [0, 0.05) is 44.0 Å². The van der Waals surface area contributed by atoms with Gasteiger partial charge in [-0.2, -0.15) is 0 Å². The van der Waals surface area contributed by atoms with Gasteiger partial charge < -0.3 is 20.2 Å². The third-order valence-corrected chi connectivity index (χ3v) is 7.21. The van der Waals surface area contributed by atoms with Gasteiger partial charge in [0.15, 0.2) is 0 Å². The number of carbonyl (C=O) groups is 2. The van der Waals surface area contributed by atoms with Gasteiger partial charge in [-0.1, -0.05) is 24.3 Å². The summed E-state index contributed by atoms with van der Waals surface area (Å²) < 4.78 is 5.05. The van der Waals surface area contributed by atoms with Gasteiger partial charge in [-0.05, 0) is 48.5 Å². The normalized spacial score (nSPS) is 11.0. The van der Waals surface area contributed by atoms with E-state index in [0.29, 0.717) is 22.9 Å². The van der Waals surface area contributed by atoms with E-state index in [1.54, 1.807) is 43.8 Å². The van der Waals surface area contributed by atoms with Crippen LogP contribution < -0.4 is 21.8 Å². The van der Waals surface area contributed by atoms with Crippen molar-refractivity contribution >= 4 is 56.8 Å². The summed E-state index contributed by atoms with van der Waals surface area (Å²) >= 11 is 0. The number of nitrogens with zero attached hydrogens (tertiary/aromatic N) is 7. The summed E-state index contributed by atoms with van der Waals surface area (Å²) in [5.74, 6) is 0.194. The number of pyridine rings is 2. The Morgan fingerprint density at radius 1 is 0.638 bits per heavy atom. The first-order valence-electron chi connectivity index (χ1n) is 14.3. The zero-order valence-electron chi connectivity index (χ0n) is 24.7. The van der Waals surface area contributed by atoms with Crippen LogP contribution in [-0.4, -0.2) is 50.1 Å². The van der Waals surface area contributed by atoms with Gasteiger partial charge in [0.05, 0.1) is 33.4 Å². The number of aromatic nitrogens is 8. The van der Waals surface area contributed by atoms with E-state index in [-0.39, 0.29) is 34.3 Å². The molecule has 2 aromatic carbocycles. The molecule has 0 radical (unpaired) electrons. The van der Waals surface area contributed by atoms with Gasteiger partial charge in [-0.25, -0.2) is 19.9 Å². The number of fused-ring (bicyclic) bond motifs is 6. The largest absolute Gasteiger partial charge is 0.327 e. The van der Waals surface area contributed by atoms with Gasteiger partial charge >= 0.3 is 0 Å². The van der Waals surface area contributed by atoms with Crippen molar-refractivity contribution in [2.75, 3.05) is 10.6 Å². The Balaban J connectivity index is 0.000000150. The number of aryl methyl sites for hydroxylation is 1. The highest BCUT2D eigenvalue weighted by Gasteiger charge is 2.13. The van der Waals surface area contributed by atoms with Gasteiger partial charge in [0.1, 0.15) is 11.4 Å². The van der Waals surface area contributed by atoms with Crippen molar-refractivity contribution in [3.63, 3.8) is 0 Å². The molecule has 14 heteroatoms. The zero-order valence-corrected chi connectivity index (χ0v) is 24.7. The minimum absolute atomic E-state index is 0.142. The van der Waals surface area contributed by atoms with Gasteiger partial charge in [-0.3, -0.25) is 28.0 Å². The minimum atomic E-state index is -0.369. The summed E-state index contributed by atoms with van der Waals surface area (Å²) in [7, 11) is 1.62. The van der Waals surface area contributed by atoms with Crippen molar-refractivity contribution in [3.05, 3.63) is 142 Å². The lowest BCUT2D eigenvalue weighted by atomic mass is 10.3. The Morgan fingerprint density at radius 3 is 1.70 bits per heavy atom. The molecule has 14 nitrogen and oxygen atoms in total. The fourth-order valence-electron chi connectivity index (χ4n) is 4.89. The lowest BCUT2D eigenvalue weighted by Crippen LogP contribution is -2.18. The third kappa shape index (κ3) is 5.81. The fourth-order valence-corrected chi connectivity index (χ4v) is 4.89. The Kier molecular flexibility index (Phi) is 7.26. The number of H-pyrrole nitrogens is 1. The molecule has 8 rings (SSSR count). The number of para-hydroxylation sites is 4. The molecule has 6 aromatic heterocycles. The molecule has 0 unspecified atom stereocenters. The highest BCUT2D eigenvalue weighted by atomic mass is 16.2. The van der Waals surface area contributed by atoms with E-state index in [1.165, 1.54) is 29.0 Å². The molecule has 8 aromatic rings. The first-order valence-corrected chi connectivity index (χ1v) is 14.3. The molecule has 0 saturated heterocycles. The van der Waals surface area contributed by atoms with Crippen LogP contribution in [0, 0.1) is 0 Å². The van der Waals surface area contributed by atoms with E-state index in [9.17, 15) is 19.2 Å². The molecule has 6 heterocycles. The number of anilines is 2. The smallest absolute Gasteiger partial charge is 0.274 e. The van der Waals surface area contributed by atoms with Crippen LogP contribution >= 0.6 is 0 Å². The molecular formula is C33H24N10O4. The average molecular weight is 625 g/mol. The maximum Gasteiger partial charge on any atom is 0.274 e. The van der Waals surface area contributed by atoms with E-state index in [1.807, 2.05) is 57.3 Å². The topological polar surface area (TPSA) is 173 Å². The third-order valence-electron chi connectivity index (χ3n) is 7.21. The van der Waals surface area contributed by atoms with Crippen LogP contribution in [0.2, 0.25) is 0 Å². The minimum Gasteiger partial charge on any atom is -0.327 e. The van der Waals surface area contributed by atoms with Gasteiger partial charge in [0.25, 0.3) is 11.8 Å². The van der Waals surface area contributed by atoms with Crippen LogP contribution in [0.3, 0.4) is 0 Å². The highest BCUT2D eigenvalue weighted by Crippen LogP contribution is 2.17. The Hall–Kier alpha value is -6.96. The number of benzene rings is 2. The molecule has 0 saturated carbocycles. The molecule has 230 valence electrons. The van der Waals surface area contributed by atoms with Gasteiger partial charge in [0.2, 0.25) is 22.7 Å². The highest BCUT2D eigenvalue weighted by molar-refractivity contribution is 6.03. The number of rotatable bonds is 4. The average Bonchev–Trinajstić information content (AvgIpc) is 3.65. The monoisotopic (exact) mass is 624 g/mol. The van der Waals surface area contributed by atoms with E-state index in [4.69, 9.17) is 0 Å². The second-order valence-electron chi connectivity index (χ2n) is 10.4. The molecule has 0 bridgehead atoms. The molecule has 47 heavy (non-hydrogen) atoms. The molecule has 0 aliphatic rings. The number of amides is 2. The predicted octanol–water partition coefficient (Wildman–Crippen LogP) is 3.66. The number of aromatic amines is 1. The zero-order chi connectivity index (χ0) is 32.5. The number of hydrogen-bond acceptors (Lipinski definition) is 8. The lowest BCUT2D eigenvalue weighted by Gasteiger charge is -2.06. The number of hydrogen-bond donors (Lipinski definition) is 3. The summed E-state index contributed by atoms with van der Waals surface area (Å²) in [5.41, 5.74) is 4.65. The van der Waals surface area contributed by atoms with Crippen molar-refractivity contribution < 1.29 is 9.59 Å². The predicted molar refractivity (Wildman–Crippen MR) is 176 cm³/mol. The summed E-state index contributed by atoms with van der Waals surface area (Å²) in [5, 5.41) is 5.40. The van der Waals surface area contributed by atoms with E-state index >= 15 is 0 Å². The summed E-state index contributed by atoms with van der Waals surface area (Å²) in [4.78, 5) is 67.0. The quantitative estimate of drug-likeness (QED) is 0.266. The van der Waals surface area contributed by atoms with Gasteiger partial charge in [-0.15, -0.1) is 0 Å². The molecule has 0 atom stereocenters. The van der Waals surface area contributed by atoms with Crippen LogP contribution in [0.1, 0.15) is 21.0 Å². The van der Waals surface area contributed by atoms with Crippen LogP contribution in [0.15, 0.2) is 119 Å². The Labute approximate surface area is 264 Å². The first kappa shape index (κ1) is 28.8. The number of carbonyl (C=O) groups excluding carboxylic acids is 2. The summed E-state index contributed by atoms with van der Waals surface area (Å²) in [6.07, 6.45) is 6.53. The van der Waals surface area contributed by atoms with Crippen molar-refractivity contribution in [1.29, 1.82) is 0 Å². The molecular weight excluding hydrogens is 600 g/mol. The Morgan fingerprint density at radius 2 is 1.17 bits per heavy atom. The fraction of sp³-hybridized carbons (Fsp3) is 0.0303. The maximum absolute atomic E-state index is 12.4. The van der Waals surface area contributed by atoms with Crippen molar-refractivity contribution in [2.24, 2.45) is 7.05 Å². The second kappa shape index (κ2) is 11.9. The maximum atomic E-state index is 12.4. The molecule has 0 fully saturated rings. The number of imidazole rings is 2. The summed E-state index contributed by atoms with van der Waals surface area (Å²) in [6.45, 7) is 0. The van der Waals surface area contributed by atoms with Crippen LogP contribution in [-0.2, 0) is 7.05 Å².